The maximum atomic E-state index is 11.8. The highest BCUT2D eigenvalue weighted by Crippen LogP contribution is 2.23. The number of nitrogens with zero attached hydrogens (tertiary/aromatic N) is 2. The smallest absolute Gasteiger partial charge is 0.272 e. The third kappa shape index (κ3) is 4.06. The molecule has 0 fully saturated rings. The molecule has 0 heterocycles. The number of ether oxygens (including phenoxy) is 1. The van der Waals surface area contributed by atoms with Gasteiger partial charge in [0.05, 0.1) is 4.92 Å². The summed E-state index contributed by atoms with van der Waals surface area (Å²) in [7, 11) is 3.41. The van der Waals surface area contributed by atoms with Crippen LogP contribution in [0.15, 0.2) is 42.5 Å². The molecule has 0 saturated carbocycles. The molecule has 2 aromatic carbocycles. The van der Waals surface area contributed by atoms with Crippen LogP contribution in [0, 0.1) is 17.0 Å². The fraction of sp³-hybridized carbons (Fsp3) is 0.235. The first-order valence-corrected chi connectivity index (χ1v) is 7.07. The van der Waals surface area contributed by atoms with E-state index in [4.69, 9.17) is 4.74 Å². The van der Waals surface area contributed by atoms with Crippen molar-refractivity contribution in [1.29, 1.82) is 0 Å². The first kappa shape index (κ1) is 16.5. The normalized spacial score (nSPS) is 10.2. The molecule has 120 valence electrons. The van der Waals surface area contributed by atoms with Crippen molar-refractivity contribution in [2.45, 2.75) is 13.5 Å². The Kier molecular flexibility index (Phi) is 4.95. The molecule has 0 aliphatic rings. The highest BCUT2D eigenvalue weighted by Gasteiger charge is 2.11. The minimum absolute atomic E-state index is 0.0523. The van der Waals surface area contributed by atoms with Gasteiger partial charge in [0.15, 0.2) is 0 Å². The van der Waals surface area contributed by atoms with Gasteiger partial charge in [-0.2, -0.15) is 0 Å². The first-order chi connectivity index (χ1) is 10.9. The van der Waals surface area contributed by atoms with Gasteiger partial charge in [-0.1, -0.05) is 12.1 Å². The molecular formula is C17H18N2O4. The molecular weight excluding hydrogens is 296 g/mol. The van der Waals surface area contributed by atoms with Gasteiger partial charge in [-0.15, -0.1) is 0 Å². The number of hydrogen-bond donors (Lipinski definition) is 0. The quantitative estimate of drug-likeness (QED) is 0.627. The molecule has 0 bridgehead atoms. The van der Waals surface area contributed by atoms with E-state index in [2.05, 4.69) is 0 Å². The standard InChI is InChI=1S/C17H18N2O4/c1-12-10-15(8-9-16(12)19(21)22)23-11-13-4-6-14(7-5-13)17(20)18(2)3/h4-10H,11H2,1-3H3. The Morgan fingerprint density at radius 2 is 1.83 bits per heavy atom. The largest absolute Gasteiger partial charge is 0.489 e. The molecule has 0 radical (unpaired) electrons. The van der Waals surface area contributed by atoms with Crippen LogP contribution >= 0.6 is 0 Å². The summed E-state index contributed by atoms with van der Waals surface area (Å²) in [6, 6.07) is 11.8. The van der Waals surface area contributed by atoms with E-state index < -0.39 is 4.92 Å². The lowest BCUT2D eigenvalue weighted by molar-refractivity contribution is -0.385. The van der Waals surface area contributed by atoms with E-state index in [1.165, 1.54) is 11.0 Å². The maximum absolute atomic E-state index is 11.8. The number of nitro benzene ring substituents is 1. The lowest BCUT2D eigenvalue weighted by Gasteiger charge is -2.11. The number of nitro groups is 1. The van der Waals surface area contributed by atoms with Gasteiger partial charge >= 0.3 is 0 Å². The van der Waals surface area contributed by atoms with Crippen molar-refractivity contribution in [2.75, 3.05) is 14.1 Å². The summed E-state index contributed by atoms with van der Waals surface area (Å²) in [6.45, 7) is 2.00. The fourth-order valence-electron chi connectivity index (χ4n) is 2.09. The third-order valence-electron chi connectivity index (χ3n) is 3.38. The number of carbonyl (C=O) groups excluding carboxylic acids is 1. The van der Waals surface area contributed by atoms with Gasteiger partial charge in [0.1, 0.15) is 12.4 Å². The molecule has 2 aromatic rings. The second-order valence-corrected chi connectivity index (χ2v) is 5.39. The highest BCUT2D eigenvalue weighted by atomic mass is 16.6. The van der Waals surface area contributed by atoms with E-state index >= 15 is 0 Å². The molecule has 0 spiro atoms. The number of carbonyl (C=O) groups is 1. The first-order valence-electron chi connectivity index (χ1n) is 7.07. The van der Waals surface area contributed by atoms with Crippen LogP contribution in [0.5, 0.6) is 5.75 Å². The van der Waals surface area contributed by atoms with E-state index in [1.807, 2.05) is 12.1 Å². The summed E-state index contributed by atoms with van der Waals surface area (Å²) in [6.07, 6.45) is 0. The molecule has 0 atom stereocenters. The van der Waals surface area contributed by atoms with Crippen LogP contribution < -0.4 is 4.74 Å². The van der Waals surface area contributed by atoms with E-state index in [-0.39, 0.29) is 11.6 Å². The van der Waals surface area contributed by atoms with Crippen LogP contribution in [0.4, 0.5) is 5.69 Å². The van der Waals surface area contributed by atoms with Gasteiger partial charge in [0.25, 0.3) is 11.6 Å². The molecule has 0 saturated heterocycles. The minimum Gasteiger partial charge on any atom is -0.489 e. The van der Waals surface area contributed by atoms with E-state index in [0.717, 1.165) is 5.56 Å². The van der Waals surface area contributed by atoms with Gasteiger partial charge in [0.2, 0.25) is 0 Å². The molecule has 6 nitrogen and oxygen atoms in total. The summed E-state index contributed by atoms with van der Waals surface area (Å²) in [5, 5.41) is 10.8. The number of amides is 1. The molecule has 6 heteroatoms. The Bertz CT molecular complexity index is 724. The van der Waals surface area contributed by atoms with Crippen LogP contribution in [0.3, 0.4) is 0 Å². The van der Waals surface area contributed by atoms with Crippen molar-refractivity contribution in [3.63, 3.8) is 0 Å². The highest BCUT2D eigenvalue weighted by molar-refractivity contribution is 5.93. The summed E-state index contributed by atoms with van der Waals surface area (Å²) < 4.78 is 5.64. The lowest BCUT2D eigenvalue weighted by Crippen LogP contribution is -2.21. The SMILES string of the molecule is Cc1cc(OCc2ccc(C(=O)N(C)C)cc2)ccc1[N+](=O)[O-]. The Morgan fingerprint density at radius 3 is 2.35 bits per heavy atom. The van der Waals surface area contributed by atoms with E-state index in [1.54, 1.807) is 45.3 Å². The molecule has 0 aromatic heterocycles. The summed E-state index contributed by atoms with van der Waals surface area (Å²) in [5.74, 6) is 0.519. The molecule has 0 aliphatic heterocycles. The molecule has 0 aliphatic carbocycles. The lowest BCUT2D eigenvalue weighted by atomic mass is 10.1. The second kappa shape index (κ2) is 6.91. The summed E-state index contributed by atoms with van der Waals surface area (Å²) >= 11 is 0. The minimum atomic E-state index is -0.417. The predicted molar refractivity (Wildman–Crippen MR) is 86.6 cm³/mol. The van der Waals surface area contributed by atoms with Crippen LogP contribution in [0.2, 0.25) is 0 Å². The number of benzene rings is 2. The Hall–Kier alpha value is -2.89. The second-order valence-electron chi connectivity index (χ2n) is 5.39. The van der Waals surface area contributed by atoms with Crippen LogP contribution in [0.1, 0.15) is 21.5 Å². The number of rotatable bonds is 5. The van der Waals surface area contributed by atoms with Gasteiger partial charge in [-0.25, -0.2) is 0 Å². The Labute approximate surface area is 134 Å². The molecule has 0 N–H and O–H groups in total. The zero-order valence-corrected chi connectivity index (χ0v) is 13.3. The molecule has 2 rings (SSSR count). The van der Waals surface area contributed by atoms with Gasteiger partial charge < -0.3 is 9.64 Å². The van der Waals surface area contributed by atoms with Gasteiger partial charge in [-0.3, -0.25) is 14.9 Å². The fourth-order valence-corrected chi connectivity index (χ4v) is 2.09. The average Bonchev–Trinajstić information content (AvgIpc) is 2.52. The third-order valence-corrected chi connectivity index (χ3v) is 3.38. The zero-order valence-electron chi connectivity index (χ0n) is 13.3. The predicted octanol–water partition coefficient (Wildman–Crippen LogP) is 3.18. The van der Waals surface area contributed by atoms with Gasteiger partial charge in [0, 0.05) is 31.3 Å². The summed E-state index contributed by atoms with van der Waals surface area (Å²) in [4.78, 5) is 23.7. The Balaban J connectivity index is 2.02. The van der Waals surface area contributed by atoms with Crippen molar-refractivity contribution in [2.24, 2.45) is 0 Å². The Morgan fingerprint density at radius 1 is 1.17 bits per heavy atom. The average molecular weight is 314 g/mol. The van der Waals surface area contributed by atoms with E-state index in [0.29, 0.717) is 23.5 Å². The number of hydrogen-bond acceptors (Lipinski definition) is 4. The molecule has 1 amide bonds. The van der Waals surface area contributed by atoms with Crippen molar-refractivity contribution in [3.8, 4) is 5.75 Å². The van der Waals surface area contributed by atoms with Crippen molar-refractivity contribution < 1.29 is 14.5 Å². The maximum Gasteiger partial charge on any atom is 0.272 e. The van der Waals surface area contributed by atoms with Crippen LogP contribution in [-0.2, 0) is 6.61 Å². The van der Waals surface area contributed by atoms with Crippen LogP contribution in [0.25, 0.3) is 0 Å². The van der Waals surface area contributed by atoms with Crippen molar-refractivity contribution in [1.82, 2.24) is 4.90 Å². The van der Waals surface area contributed by atoms with Crippen molar-refractivity contribution >= 4 is 11.6 Å². The van der Waals surface area contributed by atoms with E-state index in [9.17, 15) is 14.9 Å². The molecule has 0 unspecified atom stereocenters. The van der Waals surface area contributed by atoms with Crippen molar-refractivity contribution in [3.05, 3.63) is 69.3 Å². The van der Waals surface area contributed by atoms with Gasteiger partial charge in [-0.05, 0) is 36.8 Å². The monoisotopic (exact) mass is 314 g/mol. The summed E-state index contributed by atoms with van der Waals surface area (Å²) in [5.41, 5.74) is 2.16. The molecule has 23 heavy (non-hydrogen) atoms. The van der Waals surface area contributed by atoms with Crippen LogP contribution in [-0.4, -0.2) is 29.8 Å². The topological polar surface area (TPSA) is 72.7 Å². The number of aryl methyl sites for hydroxylation is 1. The zero-order chi connectivity index (χ0) is 17.0.